The van der Waals surface area contributed by atoms with E-state index in [1.54, 1.807) is 16.8 Å². The molecule has 1 aromatic carbocycles. The van der Waals surface area contributed by atoms with Crippen LogP contribution in [-0.4, -0.2) is 52.8 Å². The molecule has 6 nitrogen and oxygen atoms in total. The number of carbonyl (C=O) groups is 1. The summed E-state index contributed by atoms with van der Waals surface area (Å²) in [5.74, 6) is -0.238. The summed E-state index contributed by atoms with van der Waals surface area (Å²) in [6, 6.07) is 6.35. The Labute approximate surface area is 153 Å². The second-order valence-corrected chi connectivity index (χ2v) is 6.83. The summed E-state index contributed by atoms with van der Waals surface area (Å²) >= 11 is 0. The Morgan fingerprint density at radius 2 is 1.77 bits per heavy atom. The lowest BCUT2D eigenvalue weighted by molar-refractivity contribution is -0.120. The number of amides is 1. The molecule has 7 heteroatoms. The number of aryl methyl sites for hydroxylation is 2. The van der Waals surface area contributed by atoms with Crippen molar-refractivity contribution < 1.29 is 9.18 Å². The van der Waals surface area contributed by atoms with Gasteiger partial charge in [0.25, 0.3) is 0 Å². The molecule has 0 unspecified atom stereocenters. The smallest absolute Gasteiger partial charge is 0.241 e. The normalized spacial score (nSPS) is 16.6. The van der Waals surface area contributed by atoms with E-state index in [1.807, 2.05) is 27.8 Å². The molecule has 1 amide bonds. The molecule has 0 radical (unpaired) electrons. The fraction of sp³-hybridized carbons (Fsp3) is 0.474. The molecule has 1 atom stereocenters. The molecule has 1 aromatic heterocycles. The van der Waals surface area contributed by atoms with Crippen LogP contribution >= 0.6 is 0 Å². The number of aromatic nitrogens is 2. The third kappa shape index (κ3) is 3.72. The van der Waals surface area contributed by atoms with Crippen molar-refractivity contribution in [3.8, 4) is 0 Å². The van der Waals surface area contributed by atoms with Gasteiger partial charge in [-0.15, -0.1) is 0 Å². The van der Waals surface area contributed by atoms with Gasteiger partial charge in [-0.3, -0.25) is 14.4 Å². The van der Waals surface area contributed by atoms with Gasteiger partial charge in [-0.25, -0.2) is 4.39 Å². The maximum atomic E-state index is 13.1. The van der Waals surface area contributed by atoms with Crippen LogP contribution in [0.15, 0.2) is 24.3 Å². The monoisotopic (exact) mass is 359 g/mol. The highest BCUT2D eigenvalue weighted by molar-refractivity contribution is 5.95. The number of anilines is 2. The number of carbonyl (C=O) groups excluding carboxylic acids is 1. The standard InChI is InChI=1S/C19H26FN5O/c1-13-18(14(2)23(4)22-13)21-19(26)15(3)24-9-11-25(12-10-24)17-7-5-16(20)6-8-17/h5-8,15H,9-12H2,1-4H3,(H,21,26)/t15-/m0/s1. The van der Waals surface area contributed by atoms with Crippen molar-refractivity contribution >= 4 is 17.3 Å². The average Bonchev–Trinajstić information content (AvgIpc) is 2.88. The summed E-state index contributed by atoms with van der Waals surface area (Å²) in [6.07, 6.45) is 0. The predicted octanol–water partition coefficient (Wildman–Crippen LogP) is 2.33. The van der Waals surface area contributed by atoms with Crippen molar-refractivity contribution in [1.82, 2.24) is 14.7 Å². The van der Waals surface area contributed by atoms with Gasteiger partial charge in [-0.2, -0.15) is 5.10 Å². The summed E-state index contributed by atoms with van der Waals surface area (Å²) in [5.41, 5.74) is 3.59. The van der Waals surface area contributed by atoms with Crippen LogP contribution in [0.25, 0.3) is 0 Å². The third-order valence-corrected chi connectivity index (χ3v) is 5.19. The van der Waals surface area contributed by atoms with Gasteiger partial charge in [0.05, 0.1) is 23.1 Å². The lowest BCUT2D eigenvalue weighted by atomic mass is 10.2. The van der Waals surface area contributed by atoms with E-state index >= 15 is 0 Å². The highest BCUT2D eigenvalue weighted by Crippen LogP contribution is 2.21. The molecule has 1 fully saturated rings. The molecule has 1 saturated heterocycles. The van der Waals surface area contributed by atoms with Crippen molar-refractivity contribution in [2.75, 3.05) is 36.4 Å². The number of piperazine rings is 1. The Bertz CT molecular complexity index is 778. The van der Waals surface area contributed by atoms with Gasteiger partial charge in [0.15, 0.2) is 0 Å². The van der Waals surface area contributed by atoms with Gasteiger partial charge >= 0.3 is 0 Å². The minimum absolute atomic E-state index is 0.0144. The Kier molecular flexibility index (Phi) is 5.27. The van der Waals surface area contributed by atoms with Crippen LogP contribution in [-0.2, 0) is 11.8 Å². The number of nitrogens with one attached hydrogen (secondary N) is 1. The molecular formula is C19H26FN5O. The predicted molar refractivity (Wildman–Crippen MR) is 101 cm³/mol. The molecule has 1 aliphatic rings. The van der Waals surface area contributed by atoms with Crippen LogP contribution in [0.2, 0.25) is 0 Å². The number of halogens is 1. The molecule has 0 spiro atoms. The van der Waals surface area contributed by atoms with E-state index in [9.17, 15) is 9.18 Å². The van der Waals surface area contributed by atoms with E-state index in [1.165, 1.54) is 12.1 Å². The molecule has 1 N–H and O–H groups in total. The first-order chi connectivity index (χ1) is 12.4. The zero-order chi connectivity index (χ0) is 18.8. The number of hydrogen-bond acceptors (Lipinski definition) is 4. The molecule has 0 saturated carbocycles. The maximum Gasteiger partial charge on any atom is 0.241 e. The number of rotatable bonds is 4. The van der Waals surface area contributed by atoms with Crippen LogP contribution in [0.1, 0.15) is 18.3 Å². The lowest BCUT2D eigenvalue weighted by Gasteiger charge is -2.38. The summed E-state index contributed by atoms with van der Waals surface area (Å²) < 4.78 is 14.8. The molecule has 1 aliphatic heterocycles. The van der Waals surface area contributed by atoms with Gasteiger partial charge in [0.1, 0.15) is 5.82 Å². The molecule has 2 aromatic rings. The largest absolute Gasteiger partial charge is 0.369 e. The van der Waals surface area contributed by atoms with Crippen LogP contribution in [0.4, 0.5) is 15.8 Å². The number of hydrogen-bond donors (Lipinski definition) is 1. The zero-order valence-corrected chi connectivity index (χ0v) is 15.8. The molecule has 0 bridgehead atoms. The van der Waals surface area contributed by atoms with Crippen molar-refractivity contribution in [3.63, 3.8) is 0 Å². The van der Waals surface area contributed by atoms with Gasteiger partial charge < -0.3 is 10.2 Å². The SMILES string of the molecule is Cc1nn(C)c(C)c1NC(=O)[C@H](C)N1CCN(c2ccc(F)cc2)CC1. The van der Waals surface area contributed by atoms with Gasteiger partial charge in [0.2, 0.25) is 5.91 Å². The van der Waals surface area contributed by atoms with Crippen LogP contribution in [0, 0.1) is 19.7 Å². The molecule has 26 heavy (non-hydrogen) atoms. The number of benzene rings is 1. The van der Waals surface area contributed by atoms with Crippen LogP contribution in [0.3, 0.4) is 0 Å². The summed E-state index contributed by atoms with van der Waals surface area (Å²) in [7, 11) is 1.87. The van der Waals surface area contributed by atoms with Gasteiger partial charge in [0, 0.05) is 38.9 Å². The van der Waals surface area contributed by atoms with Crippen LogP contribution < -0.4 is 10.2 Å². The first-order valence-corrected chi connectivity index (χ1v) is 8.92. The molecule has 140 valence electrons. The van der Waals surface area contributed by atoms with Crippen molar-refractivity contribution in [1.29, 1.82) is 0 Å². The van der Waals surface area contributed by atoms with Crippen LogP contribution in [0.5, 0.6) is 0 Å². The maximum absolute atomic E-state index is 13.1. The Balaban J connectivity index is 1.58. The highest BCUT2D eigenvalue weighted by Gasteiger charge is 2.26. The summed E-state index contributed by atoms with van der Waals surface area (Å²) in [5, 5.41) is 7.37. The zero-order valence-electron chi connectivity index (χ0n) is 15.8. The fourth-order valence-electron chi connectivity index (χ4n) is 3.37. The highest BCUT2D eigenvalue weighted by atomic mass is 19.1. The van der Waals surface area contributed by atoms with E-state index in [-0.39, 0.29) is 17.8 Å². The summed E-state index contributed by atoms with van der Waals surface area (Å²) in [6.45, 7) is 8.98. The third-order valence-electron chi connectivity index (χ3n) is 5.19. The molecule has 3 rings (SSSR count). The quantitative estimate of drug-likeness (QED) is 0.910. The molecule has 0 aliphatic carbocycles. The fourth-order valence-corrected chi connectivity index (χ4v) is 3.37. The summed E-state index contributed by atoms with van der Waals surface area (Å²) in [4.78, 5) is 17.1. The average molecular weight is 359 g/mol. The van der Waals surface area contributed by atoms with E-state index in [4.69, 9.17) is 0 Å². The molecular weight excluding hydrogens is 333 g/mol. The lowest BCUT2D eigenvalue weighted by Crippen LogP contribution is -2.52. The van der Waals surface area contributed by atoms with Gasteiger partial charge in [-0.1, -0.05) is 0 Å². The second-order valence-electron chi connectivity index (χ2n) is 6.83. The van der Waals surface area contributed by atoms with Crippen molar-refractivity contribution in [3.05, 3.63) is 41.5 Å². The Hall–Kier alpha value is -2.41. The van der Waals surface area contributed by atoms with E-state index in [0.717, 1.165) is 48.9 Å². The first-order valence-electron chi connectivity index (χ1n) is 8.92. The van der Waals surface area contributed by atoms with E-state index < -0.39 is 0 Å². The van der Waals surface area contributed by atoms with Crippen molar-refractivity contribution in [2.24, 2.45) is 7.05 Å². The number of nitrogens with zero attached hydrogens (tertiary/aromatic N) is 4. The Morgan fingerprint density at radius 3 is 2.31 bits per heavy atom. The van der Waals surface area contributed by atoms with E-state index in [0.29, 0.717) is 0 Å². The molecule has 2 heterocycles. The first kappa shape index (κ1) is 18.4. The minimum Gasteiger partial charge on any atom is -0.369 e. The van der Waals surface area contributed by atoms with Gasteiger partial charge in [-0.05, 0) is 45.0 Å². The van der Waals surface area contributed by atoms with E-state index in [2.05, 4.69) is 20.2 Å². The Morgan fingerprint density at radius 1 is 1.15 bits per heavy atom. The second kappa shape index (κ2) is 7.45. The van der Waals surface area contributed by atoms with Crippen molar-refractivity contribution in [2.45, 2.75) is 26.8 Å². The minimum atomic E-state index is -0.223. The topological polar surface area (TPSA) is 53.4 Å².